The predicted octanol–water partition coefficient (Wildman–Crippen LogP) is 3.64. The number of hydrogen-bond donors (Lipinski definition) is 0. The van der Waals surface area contributed by atoms with Crippen LogP contribution in [0.5, 0.6) is 0 Å². The molecule has 0 aliphatic carbocycles. The number of carbonyl (C=O) groups excluding carboxylic acids is 1. The van der Waals surface area contributed by atoms with Crippen LogP contribution in [-0.4, -0.2) is 10.7 Å². The first-order valence-electron chi connectivity index (χ1n) is 6.32. The van der Waals surface area contributed by atoms with Crippen molar-refractivity contribution >= 4 is 11.5 Å². The van der Waals surface area contributed by atoms with Crippen LogP contribution in [0.1, 0.15) is 27.0 Å². The summed E-state index contributed by atoms with van der Waals surface area (Å²) in [5, 5.41) is 11.0. The van der Waals surface area contributed by atoms with E-state index in [0.717, 1.165) is 11.1 Å². The molecule has 0 radical (unpaired) electrons. The van der Waals surface area contributed by atoms with Gasteiger partial charge in [0.05, 0.1) is 10.5 Å². The van der Waals surface area contributed by atoms with Gasteiger partial charge in [-0.15, -0.1) is 0 Å². The Kier molecular flexibility index (Phi) is 3.94. The van der Waals surface area contributed by atoms with Gasteiger partial charge in [0.1, 0.15) is 0 Å². The second kappa shape index (κ2) is 5.65. The van der Waals surface area contributed by atoms with Crippen LogP contribution in [0.4, 0.5) is 5.69 Å². The maximum absolute atomic E-state index is 12.3. The smallest absolute Gasteiger partial charge is 0.280 e. The molecule has 0 unspecified atom stereocenters. The molecule has 0 N–H and O–H groups in total. The van der Waals surface area contributed by atoms with E-state index < -0.39 is 4.92 Å². The number of nitro groups is 1. The van der Waals surface area contributed by atoms with Gasteiger partial charge in [-0.3, -0.25) is 14.9 Å². The fourth-order valence-corrected chi connectivity index (χ4v) is 2.15. The highest BCUT2D eigenvalue weighted by Gasteiger charge is 2.21. The molecule has 4 heteroatoms. The van der Waals surface area contributed by atoms with E-state index in [-0.39, 0.29) is 23.5 Å². The van der Waals surface area contributed by atoms with Crippen LogP contribution in [0.3, 0.4) is 0 Å². The van der Waals surface area contributed by atoms with Gasteiger partial charge in [-0.1, -0.05) is 42.0 Å². The van der Waals surface area contributed by atoms with Crippen molar-refractivity contribution in [3.63, 3.8) is 0 Å². The number of carbonyl (C=O) groups is 1. The Balaban J connectivity index is 2.34. The summed E-state index contributed by atoms with van der Waals surface area (Å²) in [6, 6.07) is 12.3. The van der Waals surface area contributed by atoms with Gasteiger partial charge in [-0.05, 0) is 25.0 Å². The number of aryl methyl sites for hydroxylation is 2. The molecule has 0 aromatic heterocycles. The molecule has 0 saturated heterocycles. The average molecular weight is 269 g/mol. The van der Waals surface area contributed by atoms with E-state index in [0.29, 0.717) is 5.56 Å². The summed E-state index contributed by atoms with van der Waals surface area (Å²) < 4.78 is 0. The van der Waals surface area contributed by atoms with Gasteiger partial charge in [0.25, 0.3) is 5.69 Å². The molecule has 2 rings (SSSR count). The van der Waals surface area contributed by atoms with Crippen molar-refractivity contribution in [2.24, 2.45) is 0 Å². The van der Waals surface area contributed by atoms with Crippen LogP contribution in [0.15, 0.2) is 42.5 Å². The molecule has 0 aliphatic heterocycles. The number of nitrogens with zero attached hydrogens (tertiary/aromatic N) is 1. The topological polar surface area (TPSA) is 60.2 Å². The first kappa shape index (κ1) is 13.9. The highest BCUT2D eigenvalue weighted by atomic mass is 16.6. The Morgan fingerprint density at radius 1 is 1.10 bits per heavy atom. The lowest BCUT2D eigenvalue weighted by atomic mass is 9.97. The lowest BCUT2D eigenvalue weighted by Gasteiger charge is -2.06. The molecule has 102 valence electrons. The van der Waals surface area contributed by atoms with Gasteiger partial charge in [0.2, 0.25) is 0 Å². The third-order valence-electron chi connectivity index (χ3n) is 3.21. The van der Waals surface area contributed by atoms with Crippen molar-refractivity contribution in [1.82, 2.24) is 0 Å². The Morgan fingerprint density at radius 2 is 1.75 bits per heavy atom. The normalized spacial score (nSPS) is 10.3. The van der Waals surface area contributed by atoms with Gasteiger partial charge in [-0.2, -0.15) is 0 Å². The van der Waals surface area contributed by atoms with Crippen molar-refractivity contribution in [2.45, 2.75) is 20.3 Å². The van der Waals surface area contributed by atoms with Crippen molar-refractivity contribution in [2.75, 3.05) is 0 Å². The van der Waals surface area contributed by atoms with Crippen LogP contribution < -0.4 is 0 Å². The third kappa shape index (κ3) is 2.91. The van der Waals surface area contributed by atoms with Gasteiger partial charge < -0.3 is 0 Å². The average Bonchev–Trinajstić information content (AvgIpc) is 2.40. The van der Waals surface area contributed by atoms with Crippen LogP contribution in [0, 0.1) is 24.0 Å². The molecule has 2 aromatic carbocycles. The number of ketones is 1. The third-order valence-corrected chi connectivity index (χ3v) is 3.21. The Morgan fingerprint density at radius 3 is 2.35 bits per heavy atom. The summed E-state index contributed by atoms with van der Waals surface area (Å²) in [6.07, 6.45) is 0.173. The fourth-order valence-electron chi connectivity index (χ4n) is 2.15. The fraction of sp³-hybridized carbons (Fsp3) is 0.188. The maximum atomic E-state index is 12.3. The van der Waals surface area contributed by atoms with Gasteiger partial charge in [0, 0.05) is 12.5 Å². The predicted molar refractivity (Wildman–Crippen MR) is 77.0 cm³/mol. The minimum absolute atomic E-state index is 0.123. The molecule has 0 spiro atoms. The molecular formula is C16H15NO3. The Hall–Kier alpha value is -2.49. The van der Waals surface area contributed by atoms with Crippen LogP contribution in [0.2, 0.25) is 0 Å². The number of hydrogen-bond acceptors (Lipinski definition) is 3. The minimum atomic E-state index is -0.505. The quantitative estimate of drug-likeness (QED) is 0.483. The van der Waals surface area contributed by atoms with Crippen molar-refractivity contribution in [3.05, 3.63) is 74.8 Å². The van der Waals surface area contributed by atoms with Crippen molar-refractivity contribution in [3.8, 4) is 0 Å². The molecule has 0 fully saturated rings. The zero-order chi connectivity index (χ0) is 14.7. The summed E-state index contributed by atoms with van der Waals surface area (Å²) in [6.45, 7) is 3.69. The molecule has 0 heterocycles. The lowest BCUT2D eigenvalue weighted by molar-refractivity contribution is -0.385. The monoisotopic (exact) mass is 269 g/mol. The largest absolute Gasteiger partial charge is 0.294 e. The molecule has 4 nitrogen and oxygen atoms in total. The zero-order valence-electron chi connectivity index (χ0n) is 11.4. The van der Waals surface area contributed by atoms with Crippen LogP contribution in [-0.2, 0) is 6.42 Å². The number of nitro benzene ring substituents is 1. The molecule has 0 amide bonds. The van der Waals surface area contributed by atoms with Crippen molar-refractivity contribution < 1.29 is 9.72 Å². The molecule has 0 atom stereocenters. The molecule has 0 saturated carbocycles. The van der Waals surface area contributed by atoms with Crippen LogP contribution >= 0.6 is 0 Å². The van der Waals surface area contributed by atoms with Gasteiger partial charge in [-0.25, -0.2) is 0 Å². The SMILES string of the molecule is Cc1ccc(CC(=O)c2c(C)cccc2[N+](=O)[O-])cc1. The Bertz CT molecular complexity index is 660. The summed E-state index contributed by atoms with van der Waals surface area (Å²) in [5.41, 5.74) is 2.69. The summed E-state index contributed by atoms with van der Waals surface area (Å²) in [4.78, 5) is 22.9. The highest BCUT2D eigenvalue weighted by Crippen LogP contribution is 2.23. The first-order valence-corrected chi connectivity index (χ1v) is 6.32. The number of benzene rings is 2. The van der Waals surface area contributed by atoms with E-state index in [1.54, 1.807) is 19.1 Å². The Labute approximate surface area is 117 Å². The zero-order valence-corrected chi connectivity index (χ0v) is 11.4. The van der Waals surface area contributed by atoms with E-state index in [4.69, 9.17) is 0 Å². The first-order chi connectivity index (χ1) is 9.49. The van der Waals surface area contributed by atoms with Gasteiger partial charge >= 0.3 is 0 Å². The number of rotatable bonds is 4. The number of Topliss-reactive ketones (excluding diaryl/α,β-unsaturated/α-hetero) is 1. The van der Waals surface area contributed by atoms with E-state index in [1.165, 1.54) is 6.07 Å². The summed E-state index contributed by atoms with van der Waals surface area (Å²) >= 11 is 0. The van der Waals surface area contributed by atoms with E-state index >= 15 is 0 Å². The second-order valence-corrected chi connectivity index (χ2v) is 4.81. The van der Waals surface area contributed by atoms with Gasteiger partial charge in [0.15, 0.2) is 5.78 Å². The molecule has 2 aromatic rings. The summed E-state index contributed by atoms with van der Waals surface area (Å²) in [7, 11) is 0. The van der Waals surface area contributed by atoms with Crippen molar-refractivity contribution in [1.29, 1.82) is 0 Å². The standard InChI is InChI=1S/C16H15NO3/c1-11-6-8-13(9-7-11)10-15(18)16-12(2)4-3-5-14(16)17(19)20/h3-9H,10H2,1-2H3. The summed E-state index contributed by atoms with van der Waals surface area (Å²) in [5.74, 6) is -0.223. The molecule has 0 aliphatic rings. The lowest BCUT2D eigenvalue weighted by Crippen LogP contribution is -2.09. The maximum Gasteiger partial charge on any atom is 0.280 e. The van der Waals surface area contributed by atoms with E-state index in [9.17, 15) is 14.9 Å². The van der Waals surface area contributed by atoms with E-state index in [1.807, 2.05) is 31.2 Å². The minimum Gasteiger partial charge on any atom is -0.294 e. The highest BCUT2D eigenvalue weighted by molar-refractivity contribution is 6.02. The molecule has 0 bridgehead atoms. The molecule has 20 heavy (non-hydrogen) atoms. The van der Waals surface area contributed by atoms with E-state index in [2.05, 4.69) is 0 Å². The second-order valence-electron chi connectivity index (χ2n) is 4.81. The van der Waals surface area contributed by atoms with Crippen LogP contribution in [0.25, 0.3) is 0 Å². The molecular weight excluding hydrogens is 254 g/mol.